The molecule has 4 N–H and O–H groups in total. The molecule has 0 aliphatic carbocycles. The van der Waals surface area contributed by atoms with Gasteiger partial charge in [-0.3, -0.25) is 4.79 Å². The number of carboxylic acids is 2. The van der Waals surface area contributed by atoms with Crippen LogP contribution in [0.5, 0.6) is 0 Å². The first-order valence-corrected chi connectivity index (χ1v) is 10.7. The van der Waals surface area contributed by atoms with Crippen LogP contribution in [0.3, 0.4) is 0 Å². The Labute approximate surface area is 197 Å². The number of nitrogen functional groups attached to an aromatic ring is 2. The van der Waals surface area contributed by atoms with Gasteiger partial charge in [-0.25, -0.2) is 0 Å². The van der Waals surface area contributed by atoms with E-state index in [1.165, 1.54) is 24.3 Å². The molecule has 0 radical (unpaired) electrons. The number of ketones is 1. The van der Waals surface area contributed by atoms with Crippen molar-refractivity contribution in [2.45, 2.75) is 24.7 Å². The molecule has 1 unspecified atom stereocenters. The van der Waals surface area contributed by atoms with Gasteiger partial charge in [0, 0.05) is 22.9 Å². The molecular formula is C27H24N2O5-2. The summed E-state index contributed by atoms with van der Waals surface area (Å²) in [4.78, 5) is 35.8. The van der Waals surface area contributed by atoms with E-state index in [2.05, 4.69) is 0 Å². The number of carbonyl (C=O) groups excluding carboxylic acids is 3. The highest BCUT2D eigenvalue weighted by Crippen LogP contribution is 2.40. The first-order valence-electron chi connectivity index (χ1n) is 10.7. The van der Waals surface area contributed by atoms with Crippen molar-refractivity contribution in [3.63, 3.8) is 0 Å². The van der Waals surface area contributed by atoms with Crippen molar-refractivity contribution < 1.29 is 24.6 Å². The lowest BCUT2D eigenvalue weighted by Crippen LogP contribution is -2.47. The van der Waals surface area contributed by atoms with Gasteiger partial charge in [0.1, 0.15) is 0 Å². The lowest BCUT2D eigenvalue weighted by atomic mass is 9.70. The summed E-state index contributed by atoms with van der Waals surface area (Å²) < 4.78 is 0. The Hall–Kier alpha value is -4.39. The third-order valence-electron chi connectivity index (χ3n) is 5.71. The summed E-state index contributed by atoms with van der Waals surface area (Å²) in [5, 5.41) is 23.5. The molecule has 0 saturated carbocycles. The molecule has 34 heavy (non-hydrogen) atoms. The van der Waals surface area contributed by atoms with Gasteiger partial charge in [0.05, 0.1) is 11.4 Å². The summed E-state index contributed by atoms with van der Waals surface area (Å²) in [5.41, 5.74) is 12.6. The second kappa shape index (κ2) is 10.5. The highest BCUT2D eigenvalue weighted by molar-refractivity contribution is 6.06. The SMILES string of the molecule is Nc1ccc(C(CCCC(=O)[O-])(C(=O)[O-])c2ccc(/C=C/C(=O)c3ccccc3)cc2)c(N)c1. The molecule has 7 nitrogen and oxygen atoms in total. The molecule has 3 aromatic rings. The molecule has 3 aromatic carbocycles. The maximum atomic E-state index is 12.6. The molecule has 0 bridgehead atoms. The van der Waals surface area contributed by atoms with Crippen molar-refractivity contribution >= 4 is 35.2 Å². The largest absolute Gasteiger partial charge is 0.550 e. The minimum atomic E-state index is -1.70. The highest BCUT2D eigenvalue weighted by Gasteiger charge is 2.37. The smallest absolute Gasteiger partial charge is 0.185 e. The zero-order valence-electron chi connectivity index (χ0n) is 18.4. The number of carboxylic acid groups (broad SMARTS) is 2. The Bertz CT molecular complexity index is 1220. The van der Waals surface area contributed by atoms with Crippen LogP contribution in [0, 0.1) is 0 Å². The number of allylic oxidation sites excluding steroid dienone is 1. The van der Waals surface area contributed by atoms with Crippen LogP contribution in [0.1, 0.15) is 46.3 Å². The molecule has 0 saturated heterocycles. The van der Waals surface area contributed by atoms with Gasteiger partial charge >= 0.3 is 0 Å². The van der Waals surface area contributed by atoms with Gasteiger partial charge < -0.3 is 31.3 Å². The normalized spacial score (nSPS) is 12.8. The van der Waals surface area contributed by atoms with Gasteiger partial charge in [-0.2, -0.15) is 0 Å². The first-order chi connectivity index (χ1) is 16.2. The first kappa shape index (κ1) is 24.3. The third kappa shape index (κ3) is 5.32. The van der Waals surface area contributed by atoms with E-state index in [9.17, 15) is 24.6 Å². The lowest BCUT2D eigenvalue weighted by molar-refractivity contribution is -0.313. The monoisotopic (exact) mass is 456 g/mol. The predicted octanol–water partition coefficient (Wildman–Crippen LogP) is 1.70. The van der Waals surface area contributed by atoms with Gasteiger partial charge in [-0.05, 0) is 54.2 Å². The number of anilines is 2. The van der Waals surface area contributed by atoms with Gasteiger partial charge in [0.15, 0.2) is 5.78 Å². The molecule has 0 amide bonds. The molecule has 0 fully saturated rings. The van der Waals surface area contributed by atoms with Crippen molar-refractivity contribution in [1.82, 2.24) is 0 Å². The highest BCUT2D eigenvalue weighted by atomic mass is 16.4. The summed E-state index contributed by atoms with van der Waals surface area (Å²) >= 11 is 0. The summed E-state index contributed by atoms with van der Waals surface area (Å²) in [6.45, 7) is 0. The van der Waals surface area contributed by atoms with E-state index in [1.54, 1.807) is 54.6 Å². The van der Waals surface area contributed by atoms with E-state index in [0.717, 1.165) is 0 Å². The summed E-state index contributed by atoms with van der Waals surface area (Å²) in [5.74, 6) is -2.85. The van der Waals surface area contributed by atoms with Crippen LogP contribution in [0.2, 0.25) is 0 Å². The fourth-order valence-corrected chi connectivity index (χ4v) is 3.98. The van der Waals surface area contributed by atoms with Crippen LogP contribution in [0.25, 0.3) is 6.08 Å². The van der Waals surface area contributed by atoms with Gasteiger partial charge in [-0.15, -0.1) is 0 Å². The standard InChI is InChI=1S/C27H26N2O5/c28-21-13-14-22(23(29)17-21)27(26(33)34,16-4-7-25(31)32)20-11-8-18(9-12-20)10-15-24(30)19-5-2-1-3-6-19/h1-3,5-6,8-15,17H,4,7,16,28-29H2,(H,31,32)(H,33,34)/p-2/b15-10+. The van der Waals surface area contributed by atoms with Crippen LogP contribution in [0.4, 0.5) is 11.4 Å². The average Bonchev–Trinajstić information content (AvgIpc) is 2.81. The van der Waals surface area contributed by atoms with E-state index < -0.39 is 17.4 Å². The van der Waals surface area contributed by atoms with Crippen molar-refractivity contribution in [3.8, 4) is 0 Å². The average molecular weight is 456 g/mol. The maximum Gasteiger partial charge on any atom is 0.185 e. The van der Waals surface area contributed by atoms with Crippen LogP contribution in [-0.2, 0) is 15.0 Å². The number of rotatable bonds is 10. The number of carbonyl (C=O) groups is 3. The van der Waals surface area contributed by atoms with Crippen LogP contribution >= 0.6 is 0 Å². The van der Waals surface area contributed by atoms with Crippen LogP contribution in [0.15, 0.2) is 78.9 Å². The Morgan fingerprint density at radius 2 is 1.56 bits per heavy atom. The summed E-state index contributed by atoms with van der Waals surface area (Å²) in [7, 11) is 0. The quantitative estimate of drug-likeness (QED) is 0.268. The van der Waals surface area contributed by atoms with Gasteiger partial charge in [0.2, 0.25) is 0 Å². The molecular weight excluding hydrogens is 432 g/mol. The van der Waals surface area contributed by atoms with Crippen LogP contribution in [-0.4, -0.2) is 17.7 Å². The molecule has 0 aromatic heterocycles. The van der Waals surface area contributed by atoms with E-state index in [0.29, 0.717) is 22.4 Å². The number of hydrogen-bond donors (Lipinski definition) is 2. The van der Waals surface area contributed by atoms with E-state index in [4.69, 9.17) is 11.5 Å². The molecule has 0 aliphatic heterocycles. The number of hydrogen-bond acceptors (Lipinski definition) is 7. The number of nitrogens with two attached hydrogens (primary N) is 2. The number of benzene rings is 3. The molecule has 0 heterocycles. The fraction of sp³-hybridized carbons (Fsp3) is 0.148. The van der Waals surface area contributed by atoms with Gasteiger partial charge in [-0.1, -0.05) is 66.7 Å². The number of aliphatic carboxylic acids is 2. The lowest BCUT2D eigenvalue weighted by Gasteiger charge is -2.37. The second-order valence-electron chi connectivity index (χ2n) is 7.95. The molecule has 0 spiro atoms. The molecule has 174 valence electrons. The Morgan fingerprint density at radius 1 is 0.882 bits per heavy atom. The molecule has 0 aliphatic rings. The molecule has 7 heteroatoms. The summed E-state index contributed by atoms with van der Waals surface area (Å²) in [6.07, 6.45) is 2.72. The zero-order chi connectivity index (χ0) is 24.7. The van der Waals surface area contributed by atoms with E-state index in [1.807, 2.05) is 6.07 Å². The Balaban J connectivity index is 1.98. The third-order valence-corrected chi connectivity index (χ3v) is 5.71. The second-order valence-corrected chi connectivity index (χ2v) is 7.95. The molecule has 1 atom stereocenters. The van der Waals surface area contributed by atoms with Crippen molar-refractivity contribution in [2.75, 3.05) is 11.5 Å². The van der Waals surface area contributed by atoms with Gasteiger partial charge in [0.25, 0.3) is 0 Å². The predicted molar refractivity (Wildman–Crippen MR) is 126 cm³/mol. The Morgan fingerprint density at radius 3 is 2.15 bits per heavy atom. The van der Waals surface area contributed by atoms with Crippen molar-refractivity contribution in [2.24, 2.45) is 0 Å². The van der Waals surface area contributed by atoms with Crippen LogP contribution < -0.4 is 21.7 Å². The molecule has 3 rings (SSSR count). The van der Waals surface area contributed by atoms with E-state index >= 15 is 0 Å². The van der Waals surface area contributed by atoms with E-state index in [-0.39, 0.29) is 36.3 Å². The minimum absolute atomic E-state index is 0.0351. The Kier molecular flexibility index (Phi) is 7.48. The van der Waals surface area contributed by atoms with Crippen molar-refractivity contribution in [3.05, 3.63) is 101 Å². The minimum Gasteiger partial charge on any atom is -0.550 e. The summed E-state index contributed by atoms with van der Waals surface area (Å²) in [6, 6.07) is 19.9. The topological polar surface area (TPSA) is 149 Å². The van der Waals surface area contributed by atoms with Crippen molar-refractivity contribution in [1.29, 1.82) is 0 Å². The fourth-order valence-electron chi connectivity index (χ4n) is 3.98. The maximum absolute atomic E-state index is 12.6. The zero-order valence-corrected chi connectivity index (χ0v) is 18.4.